The van der Waals surface area contributed by atoms with Gasteiger partial charge in [0.05, 0.1) is 6.54 Å². The molecule has 1 rings (SSSR count). The fourth-order valence-corrected chi connectivity index (χ4v) is 1.69. The van der Waals surface area contributed by atoms with Gasteiger partial charge in [0, 0.05) is 18.8 Å². The highest BCUT2D eigenvalue weighted by Crippen LogP contribution is 2.08. The van der Waals surface area contributed by atoms with Gasteiger partial charge in [-0.3, -0.25) is 9.69 Å². The van der Waals surface area contributed by atoms with E-state index in [0.717, 1.165) is 32.4 Å². The van der Waals surface area contributed by atoms with Crippen LogP contribution in [0, 0.1) is 0 Å². The number of hydrogen-bond donors (Lipinski definition) is 2. The van der Waals surface area contributed by atoms with Crippen LogP contribution in [0.4, 0.5) is 0 Å². The fourth-order valence-electron chi connectivity index (χ4n) is 1.69. The first-order chi connectivity index (χ1) is 7.68. The molecule has 4 heteroatoms. The molecule has 16 heavy (non-hydrogen) atoms. The minimum atomic E-state index is -0.268. The smallest absolute Gasteiger partial charge is 0.231 e. The zero-order valence-corrected chi connectivity index (χ0v) is 9.91. The number of carbonyl (C=O) groups excluding carboxylic acids is 1. The van der Waals surface area contributed by atoms with Crippen molar-refractivity contribution in [2.24, 2.45) is 5.73 Å². The summed E-state index contributed by atoms with van der Waals surface area (Å²) in [5, 5.41) is 3.40. The Morgan fingerprint density at radius 2 is 2.44 bits per heavy atom. The number of hydrogen-bond acceptors (Lipinski definition) is 3. The summed E-state index contributed by atoms with van der Waals surface area (Å²) in [5.41, 5.74) is 6.41. The molecule has 0 heterocycles. The van der Waals surface area contributed by atoms with E-state index in [1.165, 1.54) is 5.70 Å². The standard InChI is InChI=1S/C12H21N3O/c1-15(10-12(13)16)9-5-8-14-11-6-3-2-4-7-11/h2-3,6,14H,4-5,7-10H2,1H3,(H2,13,16). The molecule has 0 radical (unpaired) electrons. The third kappa shape index (κ3) is 5.56. The first kappa shape index (κ1) is 12.8. The van der Waals surface area contributed by atoms with Crippen LogP contribution in [-0.4, -0.2) is 37.5 Å². The van der Waals surface area contributed by atoms with Crippen LogP contribution in [0.15, 0.2) is 23.9 Å². The van der Waals surface area contributed by atoms with E-state index in [2.05, 4.69) is 23.5 Å². The number of amides is 1. The maximum Gasteiger partial charge on any atom is 0.231 e. The first-order valence-corrected chi connectivity index (χ1v) is 5.75. The van der Waals surface area contributed by atoms with Crippen LogP contribution in [-0.2, 0) is 4.79 Å². The third-order valence-corrected chi connectivity index (χ3v) is 2.51. The largest absolute Gasteiger partial charge is 0.388 e. The van der Waals surface area contributed by atoms with Crippen molar-refractivity contribution in [3.63, 3.8) is 0 Å². The predicted molar refractivity (Wildman–Crippen MR) is 65.8 cm³/mol. The molecule has 4 nitrogen and oxygen atoms in total. The quantitative estimate of drug-likeness (QED) is 0.622. The second-order valence-corrected chi connectivity index (χ2v) is 4.14. The summed E-state index contributed by atoms with van der Waals surface area (Å²) in [7, 11) is 1.91. The normalized spacial score (nSPS) is 15.0. The summed E-state index contributed by atoms with van der Waals surface area (Å²) in [6, 6.07) is 0. The van der Waals surface area contributed by atoms with Crippen molar-refractivity contribution >= 4 is 5.91 Å². The lowest BCUT2D eigenvalue weighted by atomic mass is 10.1. The molecular weight excluding hydrogens is 202 g/mol. The van der Waals surface area contributed by atoms with Gasteiger partial charge in [-0.25, -0.2) is 0 Å². The van der Waals surface area contributed by atoms with Crippen LogP contribution in [0.1, 0.15) is 19.3 Å². The van der Waals surface area contributed by atoms with Crippen LogP contribution in [0.3, 0.4) is 0 Å². The lowest BCUT2D eigenvalue weighted by Gasteiger charge is -2.16. The highest BCUT2D eigenvalue weighted by molar-refractivity contribution is 5.75. The summed E-state index contributed by atoms with van der Waals surface area (Å²) < 4.78 is 0. The molecule has 0 saturated heterocycles. The van der Waals surface area contributed by atoms with Gasteiger partial charge in [-0.2, -0.15) is 0 Å². The van der Waals surface area contributed by atoms with Crippen molar-refractivity contribution in [1.82, 2.24) is 10.2 Å². The third-order valence-electron chi connectivity index (χ3n) is 2.51. The Kier molecular flexibility index (Phi) is 5.64. The van der Waals surface area contributed by atoms with Crippen LogP contribution >= 0.6 is 0 Å². The summed E-state index contributed by atoms with van der Waals surface area (Å²) >= 11 is 0. The zero-order chi connectivity index (χ0) is 11.8. The molecule has 0 aliphatic heterocycles. The van der Waals surface area contributed by atoms with Crippen molar-refractivity contribution in [1.29, 1.82) is 0 Å². The van der Waals surface area contributed by atoms with Crippen LogP contribution in [0.25, 0.3) is 0 Å². The van der Waals surface area contributed by atoms with Gasteiger partial charge < -0.3 is 11.1 Å². The molecule has 0 bridgehead atoms. The summed E-state index contributed by atoms with van der Waals surface area (Å²) in [5.74, 6) is -0.268. The van der Waals surface area contributed by atoms with Gasteiger partial charge in [0.15, 0.2) is 0 Å². The average Bonchev–Trinajstić information content (AvgIpc) is 2.25. The maximum absolute atomic E-state index is 10.6. The SMILES string of the molecule is CN(CCCNC1=CC=CCC1)CC(N)=O. The molecule has 90 valence electrons. The van der Waals surface area contributed by atoms with Gasteiger partial charge in [-0.1, -0.05) is 12.2 Å². The molecular formula is C12H21N3O. The molecule has 1 aliphatic rings. The second-order valence-electron chi connectivity index (χ2n) is 4.14. The second kappa shape index (κ2) is 7.06. The number of likely N-dealkylation sites (N-methyl/N-ethyl adjacent to an activating group) is 1. The minimum Gasteiger partial charge on any atom is -0.388 e. The van der Waals surface area contributed by atoms with Crippen molar-refractivity contribution in [3.05, 3.63) is 23.9 Å². The van der Waals surface area contributed by atoms with Crippen molar-refractivity contribution in [2.45, 2.75) is 19.3 Å². The topological polar surface area (TPSA) is 58.4 Å². The number of primary amides is 1. The van der Waals surface area contributed by atoms with Gasteiger partial charge in [0.2, 0.25) is 5.91 Å². The molecule has 0 fully saturated rings. The number of carbonyl (C=O) groups is 1. The zero-order valence-electron chi connectivity index (χ0n) is 9.91. The van der Waals surface area contributed by atoms with E-state index in [9.17, 15) is 4.79 Å². The number of rotatable bonds is 7. The highest BCUT2D eigenvalue weighted by Gasteiger charge is 2.02. The molecule has 3 N–H and O–H groups in total. The maximum atomic E-state index is 10.6. The van der Waals surface area contributed by atoms with Crippen molar-refractivity contribution in [2.75, 3.05) is 26.7 Å². The Hall–Kier alpha value is -1.29. The minimum absolute atomic E-state index is 0.268. The first-order valence-electron chi connectivity index (χ1n) is 5.75. The van der Waals surface area contributed by atoms with Gasteiger partial charge in [-0.05, 0) is 32.4 Å². The van der Waals surface area contributed by atoms with Gasteiger partial charge >= 0.3 is 0 Å². The molecule has 0 atom stereocenters. The Labute approximate surface area is 97.2 Å². The molecule has 0 spiro atoms. The molecule has 0 aromatic carbocycles. The number of nitrogens with one attached hydrogen (secondary N) is 1. The predicted octanol–water partition coefficient (Wildman–Crippen LogP) is 0.617. The molecule has 0 aromatic rings. The Bertz CT molecular complexity index is 284. The van der Waals surface area contributed by atoms with Crippen molar-refractivity contribution in [3.8, 4) is 0 Å². The highest BCUT2D eigenvalue weighted by atomic mass is 16.1. The Morgan fingerprint density at radius 3 is 3.06 bits per heavy atom. The lowest BCUT2D eigenvalue weighted by Crippen LogP contribution is -2.32. The molecule has 0 aromatic heterocycles. The van der Waals surface area contributed by atoms with Crippen LogP contribution in [0.5, 0.6) is 0 Å². The van der Waals surface area contributed by atoms with Gasteiger partial charge in [0.1, 0.15) is 0 Å². The number of nitrogens with two attached hydrogens (primary N) is 1. The Morgan fingerprint density at radius 1 is 1.62 bits per heavy atom. The van der Waals surface area contributed by atoms with E-state index in [4.69, 9.17) is 5.73 Å². The van der Waals surface area contributed by atoms with Crippen LogP contribution < -0.4 is 11.1 Å². The molecule has 1 amide bonds. The van der Waals surface area contributed by atoms with E-state index in [-0.39, 0.29) is 5.91 Å². The van der Waals surface area contributed by atoms with E-state index < -0.39 is 0 Å². The number of allylic oxidation sites excluding steroid dienone is 4. The fraction of sp³-hybridized carbons (Fsp3) is 0.583. The molecule has 0 saturated carbocycles. The summed E-state index contributed by atoms with van der Waals surface area (Å²) in [6.45, 7) is 2.17. The Balaban J connectivity index is 2.05. The van der Waals surface area contributed by atoms with E-state index in [1.807, 2.05) is 11.9 Å². The summed E-state index contributed by atoms with van der Waals surface area (Å²) in [6.07, 6.45) is 9.63. The monoisotopic (exact) mass is 223 g/mol. The average molecular weight is 223 g/mol. The molecule has 0 unspecified atom stereocenters. The van der Waals surface area contributed by atoms with E-state index >= 15 is 0 Å². The number of nitrogens with zero attached hydrogens (tertiary/aromatic N) is 1. The van der Waals surface area contributed by atoms with E-state index in [0.29, 0.717) is 6.54 Å². The lowest BCUT2D eigenvalue weighted by molar-refractivity contribution is -0.118. The van der Waals surface area contributed by atoms with E-state index in [1.54, 1.807) is 0 Å². The van der Waals surface area contributed by atoms with Gasteiger partial charge in [-0.15, -0.1) is 0 Å². The van der Waals surface area contributed by atoms with Crippen LogP contribution in [0.2, 0.25) is 0 Å². The van der Waals surface area contributed by atoms with Crippen molar-refractivity contribution < 1.29 is 4.79 Å². The summed E-state index contributed by atoms with van der Waals surface area (Å²) in [4.78, 5) is 12.6. The molecule has 1 aliphatic carbocycles. The van der Waals surface area contributed by atoms with Gasteiger partial charge in [0.25, 0.3) is 0 Å².